The van der Waals surface area contributed by atoms with Crippen molar-refractivity contribution >= 4 is 46.6 Å². The maximum atomic E-state index is 11.8. The Balaban J connectivity index is 1.74. The lowest BCUT2D eigenvalue weighted by Gasteiger charge is -2.04. The highest BCUT2D eigenvalue weighted by Gasteiger charge is 2.20. The predicted molar refractivity (Wildman–Crippen MR) is 101 cm³/mol. The average Bonchev–Trinajstić information content (AvgIpc) is 3.19. The number of hydrogen-bond acceptors (Lipinski definition) is 5. The van der Waals surface area contributed by atoms with E-state index in [1.165, 1.54) is 11.3 Å². The van der Waals surface area contributed by atoms with E-state index in [2.05, 4.69) is 16.0 Å². The van der Waals surface area contributed by atoms with E-state index in [1.54, 1.807) is 18.2 Å². The molecule has 8 heteroatoms. The van der Waals surface area contributed by atoms with Gasteiger partial charge in [-0.05, 0) is 48.1 Å². The molecule has 1 aliphatic heterocycles. The summed E-state index contributed by atoms with van der Waals surface area (Å²) in [5, 5.41) is 17.0. The van der Waals surface area contributed by atoms with Gasteiger partial charge in [-0.15, -0.1) is 11.3 Å². The Hall–Kier alpha value is -2.55. The van der Waals surface area contributed by atoms with E-state index in [9.17, 15) is 9.59 Å². The van der Waals surface area contributed by atoms with Crippen molar-refractivity contribution in [1.82, 2.24) is 16.0 Å². The highest BCUT2D eigenvalue weighted by atomic mass is 32.1. The number of carbonyl (C=O) groups is 2. The molecule has 4 N–H and O–H groups in total. The van der Waals surface area contributed by atoms with Crippen molar-refractivity contribution in [3.05, 3.63) is 52.5 Å². The van der Waals surface area contributed by atoms with Gasteiger partial charge in [0.25, 0.3) is 11.8 Å². The molecule has 1 fully saturated rings. The van der Waals surface area contributed by atoms with Crippen LogP contribution >= 0.6 is 23.6 Å². The predicted octanol–water partition coefficient (Wildman–Crippen LogP) is 1.48. The summed E-state index contributed by atoms with van der Waals surface area (Å²) in [7, 11) is 0. The van der Waals surface area contributed by atoms with E-state index in [0.29, 0.717) is 16.4 Å². The normalized spacial score (nSPS) is 15.2. The number of benzene rings is 1. The number of thiophene rings is 1. The maximum Gasteiger partial charge on any atom is 0.273 e. The molecule has 0 unspecified atom stereocenters. The van der Waals surface area contributed by atoms with Crippen molar-refractivity contribution in [2.75, 3.05) is 13.2 Å². The van der Waals surface area contributed by atoms with Gasteiger partial charge >= 0.3 is 0 Å². The Morgan fingerprint density at radius 2 is 1.96 bits per heavy atom. The third-order valence-corrected chi connectivity index (χ3v) is 4.75. The lowest BCUT2D eigenvalue weighted by Crippen LogP contribution is -2.26. The van der Waals surface area contributed by atoms with Crippen molar-refractivity contribution in [2.24, 2.45) is 0 Å². The summed E-state index contributed by atoms with van der Waals surface area (Å²) in [6.07, 6.45) is 1.75. The maximum absolute atomic E-state index is 11.8. The SMILES string of the molecule is O=C1NC(=S)N/C1=C\c1ccc(-c2ccc(C(=O)NCCO)cc2)s1. The number of amides is 2. The molecule has 2 aromatic rings. The quantitative estimate of drug-likeness (QED) is 0.471. The van der Waals surface area contributed by atoms with E-state index in [-0.39, 0.29) is 25.0 Å². The zero-order chi connectivity index (χ0) is 17.8. The molecule has 3 rings (SSSR count). The minimum Gasteiger partial charge on any atom is -0.395 e. The first-order valence-corrected chi connectivity index (χ1v) is 8.72. The van der Waals surface area contributed by atoms with Gasteiger partial charge in [0.1, 0.15) is 5.70 Å². The van der Waals surface area contributed by atoms with Crippen molar-refractivity contribution in [2.45, 2.75) is 0 Å². The van der Waals surface area contributed by atoms with Crippen LogP contribution in [-0.4, -0.2) is 35.2 Å². The monoisotopic (exact) mass is 373 g/mol. The molecule has 2 heterocycles. The zero-order valence-corrected chi connectivity index (χ0v) is 14.7. The Morgan fingerprint density at radius 3 is 2.60 bits per heavy atom. The molecule has 1 aromatic heterocycles. The van der Waals surface area contributed by atoms with Gasteiger partial charge in [-0.1, -0.05) is 12.1 Å². The molecule has 0 saturated carbocycles. The molecule has 2 amide bonds. The number of aliphatic hydroxyl groups is 1. The highest BCUT2D eigenvalue weighted by molar-refractivity contribution is 7.80. The summed E-state index contributed by atoms with van der Waals surface area (Å²) in [5.74, 6) is -0.454. The average molecular weight is 373 g/mol. The molecule has 1 aliphatic rings. The van der Waals surface area contributed by atoms with Crippen LogP contribution in [0.5, 0.6) is 0 Å². The van der Waals surface area contributed by atoms with Gasteiger partial charge in [0.2, 0.25) is 0 Å². The molecule has 0 bridgehead atoms. The summed E-state index contributed by atoms with van der Waals surface area (Å²) in [4.78, 5) is 25.4. The second kappa shape index (κ2) is 7.56. The molecule has 1 saturated heterocycles. The smallest absolute Gasteiger partial charge is 0.273 e. The zero-order valence-electron chi connectivity index (χ0n) is 13.0. The Morgan fingerprint density at radius 1 is 1.20 bits per heavy atom. The van der Waals surface area contributed by atoms with E-state index in [0.717, 1.165) is 15.3 Å². The number of nitrogens with one attached hydrogen (secondary N) is 3. The molecule has 1 aromatic carbocycles. The van der Waals surface area contributed by atoms with Crippen LogP contribution in [0.4, 0.5) is 0 Å². The molecule has 0 atom stereocenters. The first-order valence-electron chi connectivity index (χ1n) is 7.50. The fourth-order valence-electron chi connectivity index (χ4n) is 2.27. The van der Waals surface area contributed by atoms with E-state index in [1.807, 2.05) is 24.3 Å². The third kappa shape index (κ3) is 4.11. The summed E-state index contributed by atoms with van der Waals surface area (Å²) < 4.78 is 0. The lowest BCUT2D eigenvalue weighted by atomic mass is 10.1. The Labute approximate surface area is 153 Å². The Bertz CT molecular complexity index is 856. The van der Waals surface area contributed by atoms with Crippen LogP contribution in [-0.2, 0) is 4.79 Å². The number of carbonyl (C=O) groups excluding carboxylic acids is 2. The van der Waals surface area contributed by atoms with Gasteiger partial charge in [0.05, 0.1) is 6.61 Å². The van der Waals surface area contributed by atoms with Gasteiger partial charge in [-0.2, -0.15) is 0 Å². The molecule has 25 heavy (non-hydrogen) atoms. The first-order chi connectivity index (χ1) is 12.1. The van der Waals surface area contributed by atoms with Crippen LogP contribution in [0.15, 0.2) is 42.1 Å². The molecular weight excluding hydrogens is 358 g/mol. The van der Waals surface area contributed by atoms with Crippen LogP contribution < -0.4 is 16.0 Å². The van der Waals surface area contributed by atoms with Crippen LogP contribution in [0.3, 0.4) is 0 Å². The van der Waals surface area contributed by atoms with Crippen molar-refractivity contribution in [3.63, 3.8) is 0 Å². The first kappa shape index (κ1) is 17.3. The summed E-state index contributed by atoms with van der Waals surface area (Å²) >= 11 is 6.43. The second-order valence-corrected chi connectivity index (χ2v) is 6.75. The van der Waals surface area contributed by atoms with Gasteiger partial charge in [-0.3, -0.25) is 14.9 Å². The van der Waals surface area contributed by atoms with Crippen molar-refractivity contribution < 1.29 is 14.7 Å². The molecule has 6 nitrogen and oxygen atoms in total. The second-order valence-electron chi connectivity index (χ2n) is 5.23. The summed E-state index contributed by atoms with van der Waals surface area (Å²) in [6.45, 7) is 0.142. The largest absolute Gasteiger partial charge is 0.395 e. The van der Waals surface area contributed by atoms with E-state index < -0.39 is 0 Å². The van der Waals surface area contributed by atoms with E-state index in [4.69, 9.17) is 17.3 Å². The number of rotatable bonds is 5. The minimum absolute atomic E-state index is 0.0884. The third-order valence-electron chi connectivity index (χ3n) is 3.46. The van der Waals surface area contributed by atoms with Gasteiger partial charge in [0, 0.05) is 21.9 Å². The van der Waals surface area contributed by atoms with Crippen molar-refractivity contribution in [1.29, 1.82) is 0 Å². The molecule has 128 valence electrons. The van der Waals surface area contributed by atoms with E-state index >= 15 is 0 Å². The van der Waals surface area contributed by atoms with Gasteiger partial charge in [0.15, 0.2) is 5.11 Å². The minimum atomic E-state index is -0.238. The van der Waals surface area contributed by atoms with Crippen LogP contribution in [0, 0.1) is 0 Å². The van der Waals surface area contributed by atoms with Crippen LogP contribution in [0.1, 0.15) is 15.2 Å². The fraction of sp³-hybridized carbons (Fsp3) is 0.118. The lowest BCUT2D eigenvalue weighted by molar-refractivity contribution is -0.115. The van der Waals surface area contributed by atoms with Gasteiger partial charge < -0.3 is 15.7 Å². The number of thiocarbonyl (C=S) groups is 1. The number of hydrogen-bond donors (Lipinski definition) is 4. The molecule has 0 radical (unpaired) electrons. The standard InChI is InChI=1S/C17H15N3O3S2/c21-8-7-18-15(22)11-3-1-10(2-4-11)14-6-5-12(25-14)9-13-16(23)20-17(24)19-13/h1-6,9,21H,7-8H2,(H,18,22)(H2,19,20,23,24)/b13-9-. The molecular formula is C17H15N3O3S2. The summed E-state index contributed by atoms with van der Waals surface area (Å²) in [6, 6.07) is 11.1. The van der Waals surface area contributed by atoms with Crippen LogP contribution in [0.2, 0.25) is 0 Å². The topological polar surface area (TPSA) is 90.5 Å². The van der Waals surface area contributed by atoms with Crippen molar-refractivity contribution in [3.8, 4) is 10.4 Å². The summed E-state index contributed by atoms with van der Waals surface area (Å²) in [5.41, 5.74) is 1.94. The Kier molecular flexibility index (Phi) is 5.22. The fourth-order valence-corrected chi connectivity index (χ4v) is 3.43. The number of aliphatic hydroxyl groups excluding tert-OH is 1. The molecule has 0 aliphatic carbocycles. The van der Waals surface area contributed by atoms with Crippen LogP contribution in [0.25, 0.3) is 16.5 Å². The van der Waals surface area contributed by atoms with Gasteiger partial charge in [-0.25, -0.2) is 0 Å². The highest BCUT2D eigenvalue weighted by Crippen LogP contribution is 2.29. The molecule has 0 spiro atoms.